The Labute approximate surface area is 218 Å². The Balaban J connectivity index is 1.01. The maximum absolute atomic E-state index is 8.99. The first-order valence-electron chi connectivity index (χ1n) is 13.4. The minimum Gasteiger partial charge on any atom is -0.371 e. The molecule has 3 aromatic rings. The fourth-order valence-corrected chi connectivity index (χ4v) is 5.71. The van der Waals surface area contributed by atoms with Gasteiger partial charge in [0.05, 0.1) is 17.1 Å². The van der Waals surface area contributed by atoms with Crippen LogP contribution < -0.4 is 15.1 Å². The Bertz CT molecular complexity index is 1250. The smallest absolute Gasteiger partial charge is 0.156 e. The molecule has 37 heavy (non-hydrogen) atoms. The highest BCUT2D eigenvalue weighted by molar-refractivity contribution is 5.86. The molecule has 3 aliphatic rings. The molecule has 3 saturated heterocycles. The molecule has 0 aliphatic carbocycles. The summed E-state index contributed by atoms with van der Waals surface area (Å²) in [5, 5.41) is 12.7. The third kappa shape index (κ3) is 5.31. The summed E-state index contributed by atoms with van der Waals surface area (Å²) >= 11 is 0. The van der Waals surface area contributed by atoms with Crippen molar-refractivity contribution in [1.29, 1.82) is 5.26 Å². The van der Waals surface area contributed by atoms with E-state index in [1.165, 1.54) is 5.69 Å². The molecule has 3 fully saturated rings. The fraction of sp³-hybridized carbons (Fsp3) is 0.500. The van der Waals surface area contributed by atoms with Crippen molar-refractivity contribution < 1.29 is 0 Å². The van der Waals surface area contributed by atoms with Crippen LogP contribution in [-0.2, 0) is 0 Å². The van der Waals surface area contributed by atoms with Gasteiger partial charge in [-0.2, -0.15) is 5.26 Å². The first-order valence-corrected chi connectivity index (χ1v) is 13.4. The van der Waals surface area contributed by atoms with E-state index in [1.807, 2.05) is 12.1 Å². The van der Waals surface area contributed by atoms with Crippen LogP contribution in [0.2, 0.25) is 0 Å². The summed E-state index contributed by atoms with van der Waals surface area (Å²) in [7, 11) is 2.17. The maximum Gasteiger partial charge on any atom is 0.156 e. The molecule has 0 radical (unpaired) electrons. The van der Waals surface area contributed by atoms with Crippen molar-refractivity contribution in [2.24, 2.45) is 5.92 Å². The lowest BCUT2D eigenvalue weighted by Crippen LogP contribution is -2.53. The number of likely N-dealkylation sites (tertiary alicyclic amines) is 1. The van der Waals surface area contributed by atoms with E-state index < -0.39 is 0 Å². The molecular weight excluding hydrogens is 462 g/mol. The van der Waals surface area contributed by atoms with Gasteiger partial charge in [0.25, 0.3) is 0 Å². The number of benzene rings is 1. The quantitative estimate of drug-likeness (QED) is 0.552. The third-order valence-electron chi connectivity index (χ3n) is 8.06. The third-order valence-corrected chi connectivity index (χ3v) is 8.06. The van der Waals surface area contributed by atoms with Crippen molar-refractivity contribution in [3.05, 3.63) is 48.3 Å². The molecule has 192 valence electrons. The van der Waals surface area contributed by atoms with Crippen molar-refractivity contribution in [2.75, 3.05) is 81.1 Å². The molecule has 0 bridgehead atoms. The topological polar surface area (TPSA) is 87.5 Å². The van der Waals surface area contributed by atoms with Crippen molar-refractivity contribution in [3.63, 3.8) is 0 Å². The van der Waals surface area contributed by atoms with Gasteiger partial charge in [-0.3, -0.25) is 0 Å². The minimum atomic E-state index is 0.403. The first kappa shape index (κ1) is 23.9. The summed E-state index contributed by atoms with van der Waals surface area (Å²) in [4.78, 5) is 23.8. The molecule has 1 N–H and O–H groups in total. The summed E-state index contributed by atoms with van der Waals surface area (Å²) in [6.07, 6.45) is 3.86. The monoisotopic (exact) mass is 497 g/mol. The van der Waals surface area contributed by atoms with Crippen LogP contribution in [0.1, 0.15) is 18.4 Å². The van der Waals surface area contributed by atoms with E-state index in [9.17, 15) is 0 Å². The van der Waals surface area contributed by atoms with Gasteiger partial charge >= 0.3 is 0 Å². The normalized spacial score (nSPS) is 20.1. The molecular formula is C28H35N9. The van der Waals surface area contributed by atoms with E-state index in [-0.39, 0.29) is 0 Å². The molecule has 6 rings (SSSR count). The number of rotatable bonds is 6. The standard InChI is InChI=1S/C28H35N9/c1-34-12-14-36(15-13-34)26-7-6-25-27(33-26)28(31-20-30-25)32-23-8-10-35(11-9-23)17-22-18-37(19-22)24-4-2-21(16-29)3-5-24/h2-7,20,22-23H,8-15,17-19H2,1H3,(H,30,31,32). The number of piperidine rings is 1. The van der Waals surface area contributed by atoms with E-state index in [2.05, 4.69) is 72.3 Å². The molecule has 0 unspecified atom stereocenters. The zero-order chi connectivity index (χ0) is 25.2. The highest BCUT2D eigenvalue weighted by Gasteiger charge is 2.30. The van der Waals surface area contributed by atoms with Crippen LogP contribution in [0.5, 0.6) is 0 Å². The Morgan fingerprint density at radius 2 is 1.68 bits per heavy atom. The molecule has 0 spiro atoms. The molecule has 1 aromatic carbocycles. The van der Waals surface area contributed by atoms with Crippen LogP contribution in [0, 0.1) is 17.2 Å². The second-order valence-electron chi connectivity index (χ2n) is 10.7. The molecule has 0 atom stereocenters. The lowest BCUT2D eigenvalue weighted by atomic mass is 9.96. The Hall–Kier alpha value is -3.48. The number of hydrogen-bond donors (Lipinski definition) is 1. The number of pyridine rings is 1. The maximum atomic E-state index is 8.99. The molecule has 0 saturated carbocycles. The van der Waals surface area contributed by atoms with Gasteiger partial charge < -0.3 is 24.9 Å². The number of aromatic nitrogens is 3. The fourth-order valence-electron chi connectivity index (χ4n) is 5.71. The van der Waals surface area contributed by atoms with E-state index in [0.717, 1.165) is 100.0 Å². The lowest BCUT2D eigenvalue weighted by Gasteiger charge is -2.44. The van der Waals surface area contributed by atoms with Crippen molar-refractivity contribution in [2.45, 2.75) is 18.9 Å². The van der Waals surface area contributed by atoms with Gasteiger partial charge in [0.1, 0.15) is 17.7 Å². The van der Waals surface area contributed by atoms with Crippen molar-refractivity contribution in [1.82, 2.24) is 24.8 Å². The van der Waals surface area contributed by atoms with Crippen LogP contribution in [0.4, 0.5) is 17.3 Å². The summed E-state index contributed by atoms with van der Waals surface area (Å²) in [6.45, 7) is 9.67. The molecule has 9 nitrogen and oxygen atoms in total. The number of nitrogens with one attached hydrogen (secondary N) is 1. The zero-order valence-electron chi connectivity index (χ0n) is 21.6. The van der Waals surface area contributed by atoms with E-state index >= 15 is 0 Å². The van der Waals surface area contributed by atoms with Gasteiger partial charge in [-0.05, 0) is 56.3 Å². The summed E-state index contributed by atoms with van der Waals surface area (Å²) < 4.78 is 0. The Kier molecular flexibility index (Phi) is 6.77. The van der Waals surface area contributed by atoms with E-state index in [1.54, 1.807) is 6.33 Å². The van der Waals surface area contributed by atoms with Crippen molar-refractivity contribution >= 4 is 28.4 Å². The van der Waals surface area contributed by atoms with Crippen molar-refractivity contribution in [3.8, 4) is 6.07 Å². The van der Waals surface area contributed by atoms with Gasteiger partial charge in [0.15, 0.2) is 5.82 Å². The minimum absolute atomic E-state index is 0.403. The number of anilines is 3. The number of fused-ring (bicyclic) bond motifs is 1. The Morgan fingerprint density at radius 1 is 0.919 bits per heavy atom. The number of nitrogens with zero attached hydrogens (tertiary/aromatic N) is 8. The first-order chi connectivity index (χ1) is 18.1. The highest BCUT2D eigenvalue weighted by Crippen LogP contribution is 2.28. The predicted octanol–water partition coefficient (Wildman–Crippen LogP) is 2.66. The van der Waals surface area contributed by atoms with Gasteiger partial charge in [-0.25, -0.2) is 15.0 Å². The van der Waals surface area contributed by atoms with Gasteiger partial charge in [0, 0.05) is 76.5 Å². The summed E-state index contributed by atoms with van der Waals surface area (Å²) in [5.41, 5.74) is 3.71. The molecule has 0 amide bonds. The average Bonchev–Trinajstić information content (AvgIpc) is 2.92. The largest absolute Gasteiger partial charge is 0.371 e. The average molecular weight is 498 g/mol. The SMILES string of the molecule is CN1CCN(c2ccc3ncnc(NC4CCN(CC5CN(c6ccc(C#N)cc6)C5)CC4)c3n2)CC1. The van der Waals surface area contributed by atoms with Crippen LogP contribution in [0.15, 0.2) is 42.7 Å². The predicted molar refractivity (Wildman–Crippen MR) is 147 cm³/mol. The summed E-state index contributed by atoms with van der Waals surface area (Å²) in [6, 6.07) is 14.7. The molecule has 9 heteroatoms. The molecule has 3 aliphatic heterocycles. The lowest BCUT2D eigenvalue weighted by molar-refractivity contribution is 0.174. The second kappa shape index (κ2) is 10.5. The molecule has 5 heterocycles. The van der Waals surface area contributed by atoms with Crippen LogP contribution in [-0.4, -0.2) is 96.7 Å². The number of hydrogen-bond acceptors (Lipinski definition) is 9. The van der Waals surface area contributed by atoms with Crippen LogP contribution in [0.25, 0.3) is 11.0 Å². The van der Waals surface area contributed by atoms with Gasteiger partial charge in [0.2, 0.25) is 0 Å². The van der Waals surface area contributed by atoms with Crippen LogP contribution >= 0.6 is 0 Å². The number of likely N-dealkylation sites (N-methyl/N-ethyl adjacent to an activating group) is 1. The highest BCUT2D eigenvalue weighted by atomic mass is 15.3. The number of piperazine rings is 1. The second-order valence-corrected chi connectivity index (χ2v) is 10.7. The number of nitriles is 1. The van der Waals surface area contributed by atoms with Gasteiger partial charge in [-0.15, -0.1) is 0 Å². The summed E-state index contributed by atoms with van der Waals surface area (Å²) in [5.74, 6) is 2.59. The van der Waals surface area contributed by atoms with E-state index in [0.29, 0.717) is 12.0 Å². The van der Waals surface area contributed by atoms with Gasteiger partial charge in [-0.1, -0.05) is 0 Å². The zero-order valence-corrected chi connectivity index (χ0v) is 21.6. The van der Waals surface area contributed by atoms with E-state index in [4.69, 9.17) is 10.2 Å². The van der Waals surface area contributed by atoms with Crippen LogP contribution in [0.3, 0.4) is 0 Å². The molecule has 2 aromatic heterocycles. The Morgan fingerprint density at radius 3 is 2.41 bits per heavy atom.